The standard InChI is InChI=1S/C29H27NO4/c1-5-33-29(32)27-21(4)30(23-15-14-19(2)20(3)16-23)28(31)26(27)18-22-10-9-13-25(17-22)34-24-11-7-6-8-12-24/h6-18H,5H2,1-4H3/b26-18-. The zero-order chi connectivity index (χ0) is 24.2. The van der Waals surface area contributed by atoms with Crippen LogP contribution in [0.25, 0.3) is 6.08 Å². The van der Waals surface area contributed by atoms with Gasteiger partial charge >= 0.3 is 5.97 Å². The van der Waals surface area contributed by atoms with Crippen LogP contribution in [-0.4, -0.2) is 18.5 Å². The highest BCUT2D eigenvalue weighted by atomic mass is 16.5. The van der Waals surface area contributed by atoms with E-state index in [1.807, 2.05) is 86.6 Å². The summed E-state index contributed by atoms with van der Waals surface area (Å²) in [6.07, 6.45) is 1.72. The fraction of sp³-hybridized carbons (Fsp3) is 0.172. The van der Waals surface area contributed by atoms with Crippen molar-refractivity contribution in [1.82, 2.24) is 0 Å². The minimum absolute atomic E-state index is 0.223. The summed E-state index contributed by atoms with van der Waals surface area (Å²) in [5.41, 5.74) is 4.79. The predicted octanol–water partition coefficient (Wildman–Crippen LogP) is 6.36. The zero-order valence-corrected chi connectivity index (χ0v) is 19.8. The number of amides is 1. The maximum Gasteiger partial charge on any atom is 0.340 e. The molecule has 0 aliphatic carbocycles. The van der Waals surface area contributed by atoms with E-state index in [-0.39, 0.29) is 18.1 Å². The summed E-state index contributed by atoms with van der Waals surface area (Å²) in [7, 11) is 0. The molecule has 0 radical (unpaired) electrons. The van der Waals surface area contributed by atoms with Crippen molar-refractivity contribution in [3.05, 3.63) is 106 Å². The van der Waals surface area contributed by atoms with Gasteiger partial charge in [0.05, 0.1) is 17.8 Å². The Kier molecular flexibility index (Phi) is 6.64. The Morgan fingerprint density at radius 3 is 2.32 bits per heavy atom. The molecule has 0 saturated carbocycles. The number of esters is 1. The van der Waals surface area contributed by atoms with Crippen molar-refractivity contribution in [2.45, 2.75) is 27.7 Å². The summed E-state index contributed by atoms with van der Waals surface area (Å²) in [5.74, 6) is 0.573. The second-order valence-electron chi connectivity index (χ2n) is 8.14. The van der Waals surface area contributed by atoms with E-state index in [0.717, 1.165) is 22.4 Å². The third-order valence-electron chi connectivity index (χ3n) is 5.78. The number of ether oxygens (including phenoxy) is 2. The number of benzene rings is 3. The van der Waals surface area contributed by atoms with Gasteiger partial charge in [0.15, 0.2) is 0 Å². The SMILES string of the molecule is CCOC(=O)C1=C(C)N(c2ccc(C)c(C)c2)C(=O)/C1=C\c1cccc(Oc2ccccc2)c1. The lowest BCUT2D eigenvalue weighted by molar-refractivity contribution is -0.138. The predicted molar refractivity (Wildman–Crippen MR) is 134 cm³/mol. The number of hydrogen-bond donors (Lipinski definition) is 0. The fourth-order valence-corrected chi connectivity index (χ4v) is 3.92. The molecule has 5 heteroatoms. The number of carbonyl (C=O) groups excluding carboxylic acids is 2. The number of hydrogen-bond acceptors (Lipinski definition) is 4. The van der Waals surface area contributed by atoms with Crippen LogP contribution >= 0.6 is 0 Å². The van der Waals surface area contributed by atoms with Crippen LogP contribution in [0.1, 0.15) is 30.5 Å². The molecule has 3 aromatic carbocycles. The molecule has 1 amide bonds. The molecule has 3 aromatic rings. The molecule has 34 heavy (non-hydrogen) atoms. The molecule has 0 bridgehead atoms. The highest BCUT2D eigenvalue weighted by Gasteiger charge is 2.38. The Labute approximate surface area is 199 Å². The maximum atomic E-state index is 13.6. The lowest BCUT2D eigenvalue weighted by Crippen LogP contribution is -2.24. The monoisotopic (exact) mass is 453 g/mol. The van der Waals surface area contributed by atoms with Gasteiger partial charge in [-0.3, -0.25) is 9.69 Å². The molecule has 0 atom stereocenters. The van der Waals surface area contributed by atoms with E-state index in [4.69, 9.17) is 9.47 Å². The third-order valence-corrected chi connectivity index (χ3v) is 5.78. The second kappa shape index (κ2) is 9.79. The number of carbonyl (C=O) groups is 2. The summed E-state index contributed by atoms with van der Waals surface area (Å²) >= 11 is 0. The molecule has 4 rings (SSSR count). The topological polar surface area (TPSA) is 55.8 Å². The number of allylic oxidation sites excluding steroid dienone is 1. The van der Waals surface area contributed by atoms with Gasteiger partial charge in [0.25, 0.3) is 5.91 Å². The molecule has 0 unspecified atom stereocenters. The van der Waals surface area contributed by atoms with Gasteiger partial charge in [-0.1, -0.05) is 36.4 Å². The normalized spacial score (nSPS) is 14.6. The minimum atomic E-state index is -0.511. The summed E-state index contributed by atoms with van der Waals surface area (Å²) in [6, 6.07) is 22.7. The Morgan fingerprint density at radius 1 is 0.882 bits per heavy atom. The Hall–Kier alpha value is -4.12. The number of para-hydroxylation sites is 1. The van der Waals surface area contributed by atoms with Crippen LogP contribution < -0.4 is 9.64 Å². The Balaban J connectivity index is 1.75. The first-order chi connectivity index (χ1) is 16.4. The molecule has 1 aliphatic rings. The van der Waals surface area contributed by atoms with Gasteiger partial charge < -0.3 is 9.47 Å². The van der Waals surface area contributed by atoms with Gasteiger partial charge in [0, 0.05) is 11.4 Å². The van der Waals surface area contributed by atoms with Crippen molar-refractivity contribution in [2.75, 3.05) is 11.5 Å². The average molecular weight is 454 g/mol. The second-order valence-corrected chi connectivity index (χ2v) is 8.14. The zero-order valence-electron chi connectivity index (χ0n) is 19.8. The van der Waals surface area contributed by atoms with E-state index in [2.05, 4.69) is 0 Å². The minimum Gasteiger partial charge on any atom is -0.462 e. The van der Waals surface area contributed by atoms with E-state index in [0.29, 0.717) is 22.8 Å². The molecule has 5 nitrogen and oxygen atoms in total. The molecule has 1 heterocycles. The van der Waals surface area contributed by atoms with E-state index in [9.17, 15) is 9.59 Å². The summed E-state index contributed by atoms with van der Waals surface area (Å²) in [4.78, 5) is 28.1. The van der Waals surface area contributed by atoms with E-state index in [1.54, 1.807) is 24.8 Å². The Bertz CT molecular complexity index is 1300. The van der Waals surface area contributed by atoms with Crippen LogP contribution in [0.3, 0.4) is 0 Å². The largest absolute Gasteiger partial charge is 0.462 e. The van der Waals surface area contributed by atoms with Gasteiger partial charge in [0.2, 0.25) is 0 Å². The van der Waals surface area contributed by atoms with Crippen molar-refractivity contribution in [2.24, 2.45) is 0 Å². The molecule has 1 aliphatic heterocycles. The fourth-order valence-electron chi connectivity index (χ4n) is 3.92. The summed E-state index contributed by atoms with van der Waals surface area (Å²) in [5, 5.41) is 0. The lowest BCUT2D eigenvalue weighted by Gasteiger charge is -2.19. The van der Waals surface area contributed by atoms with Crippen molar-refractivity contribution in [3.8, 4) is 11.5 Å². The lowest BCUT2D eigenvalue weighted by atomic mass is 10.0. The van der Waals surface area contributed by atoms with Gasteiger partial charge in [-0.2, -0.15) is 0 Å². The van der Waals surface area contributed by atoms with Crippen LogP contribution in [0.2, 0.25) is 0 Å². The molecule has 172 valence electrons. The Morgan fingerprint density at radius 2 is 1.62 bits per heavy atom. The van der Waals surface area contributed by atoms with Crippen LogP contribution in [0.4, 0.5) is 5.69 Å². The van der Waals surface area contributed by atoms with Gasteiger partial charge in [-0.15, -0.1) is 0 Å². The molecular formula is C29H27NO4. The summed E-state index contributed by atoms with van der Waals surface area (Å²) < 4.78 is 11.2. The molecular weight excluding hydrogens is 426 g/mol. The van der Waals surface area contributed by atoms with Crippen molar-refractivity contribution in [3.63, 3.8) is 0 Å². The first-order valence-corrected chi connectivity index (χ1v) is 11.2. The molecule has 0 N–H and O–H groups in total. The number of anilines is 1. The van der Waals surface area contributed by atoms with Crippen LogP contribution in [0, 0.1) is 13.8 Å². The first-order valence-electron chi connectivity index (χ1n) is 11.2. The van der Waals surface area contributed by atoms with Crippen LogP contribution in [0.15, 0.2) is 89.6 Å². The third kappa shape index (κ3) is 4.64. The van der Waals surface area contributed by atoms with Gasteiger partial charge in [-0.05, 0) is 86.9 Å². The van der Waals surface area contributed by atoms with Gasteiger partial charge in [0.1, 0.15) is 11.5 Å². The molecule has 0 aromatic heterocycles. The van der Waals surface area contributed by atoms with Crippen LogP contribution in [0.5, 0.6) is 11.5 Å². The number of nitrogens with zero attached hydrogens (tertiary/aromatic N) is 1. The van der Waals surface area contributed by atoms with Crippen LogP contribution in [-0.2, 0) is 14.3 Å². The quantitative estimate of drug-likeness (QED) is 0.322. The van der Waals surface area contributed by atoms with Crippen molar-refractivity contribution >= 4 is 23.6 Å². The first kappa shape index (κ1) is 23.1. The van der Waals surface area contributed by atoms with Crippen molar-refractivity contribution in [1.29, 1.82) is 0 Å². The molecule has 0 fully saturated rings. The number of aryl methyl sites for hydroxylation is 2. The average Bonchev–Trinajstić information content (AvgIpc) is 3.06. The molecule has 0 saturated heterocycles. The van der Waals surface area contributed by atoms with Gasteiger partial charge in [-0.25, -0.2) is 4.79 Å². The van der Waals surface area contributed by atoms with E-state index >= 15 is 0 Å². The maximum absolute atomic E-state index is 13.6. The number of rotatable bonds is 6. The highest BCUT2D eigenvalue weighted by molar-refractivity contribution is 6.23. The molecule has 0 spiro atoms. The van der Waals surface area contributed by atoms with E-state index in [1.165, 1.54) is 0 Å². The summed E-state index contributed by atoms with van der Waals surface area (Å²) in [6.45, 7) is 7.77. The van der Waals surface area contributed by atoms with E-state index < -0.39 is 5.97 Å². The van der Waals surface area contributed by atoms with Crippen molar-refractivity contribution < 1.29 is 19.1 Å². The highest BCUT2D eigenvalue weighted by Crippen LogP contribution is 2.36. The smallest absolute Gasteiger partial charge is 0.340 e.